The minimum Gasteiger partial charge on any atom is -0.479 e. The van der Waals surface area contributed by atoms with E-state index >= 15 is 0 Å². The van der Waals surface area contributed by atoms with Crippen molar-refractivity contribution in [2.75, 3.05) is 0 Å². The van der Waals surface area contributed by atoms with Gasteiger partial charge in [0.25, 0.3) is 0 Å². The molecule has 1 atom stereocenters. The van der Waals surface area contributed by atoms with Crippen molar-refractivity contribution in [3.63, 3.8) is 0 Å². The number of rotatable bonds is 2. The van der Waals surface area contributed by atoms with Crippen LogP contribution in [0.5, 0.6) is 0 Å². The molecule has 2 N–H and O–H groups in total. The Kier molecular flexibility index (Phi) is 3.47. The molecule has 0 radical (unpaired) electrons. The monoisotopic (exact) mass is 244 g/mol. The van der Waals surface area contributed by atoms with E-state index in [4.69, 9.17) is 5.11 Å². The maximum absolute atomic E-state index is 13.1. The fourth-order valence-corrected chi connectivity index (χ4v) is 1.93. The summed E-state index contributed by atoms with van der Waals surface area (Å²) in [6.07, 6.45) is -8.73. The van der Waals surface area contributed by atoms with E-state index in [-0.39, 0.29) is 0 Å². The predicted molar refractivity (Wildman–Crippen MR) is 45.5 cm³/mol. The third kappa shape index (κ3) is 2.63. The maximum Gasteiger partial charge on any atom is 0.391 e. The van der Waals surface area contributed by atoms with Crippen LogP contribution in [-0.4, -0.2) is 34.1 Å². The molecular weight excluding hydrogens is 232 g/mol. The van der Waals surface area contributed by atoms with E-state index < -0.39 is 55.5 Å². The zero-order chi connectivity index (χ0) is 12.6. The number of halogens is 4. The first-order chi connectivity index (χ1) is 7.17. The second-order valence-electron chi connectivity index (χ2n) is 4.12. The minimum absolute atomic E-state index is 0.437. The van der Waals surface area contributed by atoms with Gasteiger partial charge in [-0.25, -0.2) is 9.18 Å². The molecule has 0 aromatic heterocycles. The van der Waals surface area contributed by atoms with Crippen molar-refractivity contribution in [2.24, 2.45) is 5.92 Å². The van der Waals surface area contributed by atoms with Crippen LogP contribution in [0.1, 0.15) is 25.7 Å². The van der Waals surface area contributed by atoms with E-state index in [1.165, 1.54) is 0 Å². The highest BCUT2D eigenvalue weighted by atomic mass is 19.4. The molecule has 94 valence electrons. The fraction of sp³-hybridized carbons (Fsp3) is 0.889. The Morgan fingerprint density at radius 2 is 1.75 bits per heavy atom. The van der Waals surface area contributed by atoms with E-state index in [9.17, 15) is 27.5 Å². The van der Waals surface area contributed by atoms with Crippen molar-refractivity contribution in [2.45, 2.75) is 43.6 Å². The summed E-state index contributed by atoms with van der Waals surface area (Å²) >= 11 is 0. The van der Waals surface area contributed by atoms with Gasteiger partial charge in [0.05, 0.1) is 5.92 Å². The minimum atomic E-state index is -4.36. The first-order valence-electron chi connectivity index (χ1n) is 4.83. The van der Waals surface area contributed by atoms with E-state index in [0.29, 0.717) is 0 Å². The normalized spacial score (nSPS) is 33.4. The topological polar surface area (TPSA) is 57.5 Å². The Morgan fingerprint density at radius 3 is 2.06 bits per heavy atom. The van der Waals surface area contributed by atoms with Gasteiger partial charge in [-0.1, -0.05) is 0 Å². The second kappa shape index (κ2) is 4.20. The lowest BCUT2D eigenvalue weighted by Crippen LogP contribution is -2.48. The van der Waals surface area contributed by atoms with Gasteiger partial charge < -0.3 is 10.2 Å². The summed E-state index contributed by atoms with van der Waals surface area (Å²) in [5.41, 5.74) is -2.16. The van der Waals surface area contributed by atoms with Crippen LogP contribution in [0.2, 0.25) is 0 Å². The largest absolute Gasteiger partial charge is 0.479 e. The summed E-state index contributed by atoms with van der Waals surface area (Å²) in [5, 5.41) is 17.9. The molecule has 0 aromatic rings. The molecule has 0 aromatic carbocycles. The average Bonchev–Trinajstić information content (AvgIpc) is 2.15. The van der Waals surface area contributed by atoms with E-state index in [1.807, 2.05) is 0 Å². The van der Waals surface area contributed by atoms with Gasteiger partial charge in [0.15, 0.2) is 0 Å². The van der Waals surface area contributed by atoms with Crippen LogP contribution < -0.4 is 0 Å². The summed E-state index contributed by atoms with van der Waals surface area (Å²) in [4.78, 5) is 10.3. The van der Waals surface area contributed by atoms with Gasteiger partial charge in [-0.05, 0) is 25.7 Å². The Morgan fingerprint density at radius 1 is 1.31 bits per heavy atom. The Labute approximate surface area is 89.1 Å². The van der Waals surface area contributed by atoms with Crippen molar-refractivity contribution in [3.8, 4) is 0 Å². The Bertz CT molecular complexity index is 268. The Balaban J connectivity index is 2.63. The highest BCUT2D eigenvalue weighted by Crippen LogP contribution is 2.42. The van der Waals surface area contributed by atoms with Gasteiger partial charge in [-0.3, -0.25) is 0 Å². The summed E-state index contributed by atoms with van der Waals surface area (Å²) in [6.45, 7) is 0. The predicted octanol–water partition coefficient (Wildman–Crippen LogP) is 1.89. The van der Waals surface area contributed by atoms with Gasteiger partial charge >= 0.3 is 12.1 Å². The van der Waals surface area contributed by atoms with E-state index in [1.54, 1.807) is 0 Å². The van der Waals surface area contributed by atoms with E-state index in [2.05, 4.69) is 0 Å². The quantitative estimate of drug-likeness (QED) is 0.729. The van der Waals surface area contributed by atoms with Crippen LogP contribution in [0.25, 0.3) is 0 Å². The van der Waals surface area contributed by atoms with Crippen LogP contribution in [0.15, 0.2) is 0 Å². The third-order valence-corrected chi connectivity index (χ3v) is 3.00. The summed E-state index contributed by atoms with van der Waals surface area (Å²) < 4.78 is 49.9. The van der Waals surface area contributed by atoms with Crippen molar-refractivity contribution < 1.29 is 32.6 Å². The number of carbonyl (C=O) groups is 1. The van der Waals surface area contributed by atoms with Crippen molar-refractivity contribution in [1.29, 1.82) is 0 Å². The van der Waals surface area contributed by atoms with Crippen LogP contribution in [0, 0.1) is 5.92 Å². The average molecular weight is 244 g/mol. The van der Waals surface area contributed by atoms with Gasteiger partial charge in [0.2, 0.25) is 6.17 Å². The maximum atomic E-state index is 13.1. The Hall–Kier alpha value is -0.850. The summed E-state index contributed by atoms with van der Waals surface area (Å²) in [7, 11) is 0. The number of carboxylic acid groups (broad SMARTS) is 1. The van der Waals surface area contributed by atoms with Crippen LogP contribution >= 0.6 is 0 Å². The van der Waals surface area contributed by atoms with Crippen LogP contribution in [0.3, 0.4) is 0 Å². The van der Waals surface area contributed by atoms with Crippen molar-refractivity contribution in [1.82, 2.24) is 0 Å². The molecule has 1 aliphatic carbocycles. The highest BCUT2D eigenvalue weighted by molar-refractivity contribution is 5.73. The molecule has 0 bridgehead atoms. The molecule has 1 unspecified atom stereocenters. The summed E-state index contributed by atoms with van der Waals surface area (Å²) in [6, 6.07) is 0. The van der Waals surface area contributed by atoms with Gasteiger partial charge in [0, 0.05) is 0 Å². The number of alkyl halides is 4. The second-order valence-corrected chi connectivity index (χ2v) is 4.12. The molecule has 1 aliphatic rings. The molecule has 0 saturated heterocycles. The highest BCUT2D eigenvalue weighted by Gasteiger charge is 2.50. The SMILES string of the molecule is O=C(O)C(F)C1(O)CCC(C(F)(F)F)CC1. The number of hydrogen-bond donors (Lipinski definition) is 2. The molecule has 1 rings (SSSR count). The molecule has 1 saturated carbocycles. The van der Waals surface area contributed by atoms with Gasteiger partial charge in [0.1, 0.15) is 5.60 Å². The van der Waals surface area contributed by atoms with Gasteiger partial charge in [-0.2, -0.15) is 13.2 Å². The lowest BCUT2D eigenvalue weighted by molar-refractivity contribution is -0.198. The number of hydrogen-bond acceptors (Lipinski definition) is 2. The molecule has 16 heavy (non-hydrogen) atoms. The van der Waals surface area contributed by atoms with Gasteiger partial charge in [-0.15, -0.1) is 0 Å². The van der Waals surface area contributed by atoms with E-state index in [0.717, 1.165) is 0 Å². The molecule has 0 aliphatic heterocycles. The fourth-order valence-electron chi connectivity index (χ4n) is 1.93. The molecule has 3 nitrogen and oxygen atoms in total. The standard InChI is InChI=1S/C9H12F4O3/c10-6(7(14)15)8(16)3-1-5(2-4-8)9(11,12)13/h5-6,16H,1-4H2,(H,14,15). The molecule has 0 amide bonds. The number of aliphatic hydroxyl groups is 1. The zero-order valence-corrected chi connectivity index (χ0v) is 8.30. The smallest absolute Gasteiger partial charge is 0.391 e. The van der Waals surface area contributed by atoms with Crippen molar-refractivity contribution in [3.05, 3.63) is 0 Å². The molecular formula is C9H12F4O3. The lowest BCUT2D eigenvalue weighted by Gasteiger charge is -2.37. The lowest BCUT2D eigenvalue weighted by atomic mass is 9.76. The molecule has 0 spiro atoms. The van der Waals surface area contributed by atoms with Crippen LogP contribution in [0.4, 0.5) is 17.6 Å². The molecule has 1 fully saturated rings. The van der Waals surface area contributed by atoms with Crippen LogP contribution in [-0.2, 0) is 4.79 Å². The first kappa shape index (κ1) is 13.2. The number of aliphatic carboxylic acids is 1. The number of carboxylic acids is 1. The molecule has 0 heterocycles. The molecule has 7 heteroatoms. The van der Waals surface area contributed by atoms with Crippen molar-refractivity contribution >= 4 is 5.97 Å². The third-order valence-electron chi connectivity index (χ3n) is 3.00. The zero-order valence-electron chi connectivity index (χ0n) is 8.30. The summed E-state index contributed by atoms with van der Waals surface area (Å²) in [5.74, 6) is -3.42. The first-order valence-corrected chi connectivity index (χ1v) is 4.83.